The van der Waals surface area contributed by atoms with E-state index >= 15 is 0 Å². The summed E-state index contributed by atoms with van der Waals surface area (Å²) in [6.45, 7) is 4.82. The number of pyridine rings is 1. The van der Waals surface area contributed by atoms with Crippen LogP contribution in [0.4, 0.5) is 0 Å². The second-order valence-corrected chi connectivity index (χ2v) is 8.03. The summed E-state index contributed by atoms with van der Waals surface area (Å²) in [4.78, 5) is 4.07. The van der Waals surface area contributed by atoms with Crippen molar-refractivity contribution >= 4 is 21.8 Å². The van der Waals surface area contributed by atoms with Gasteiger partial charge in [0.1, 0.15) is 0 Å². The highest BCUT2D eigenvalue weighted by Crippen LogP contribution is 2.19. The third kappa shape index (κ3) is 4.44. The average Bonchev–Trinajstić information content (AvgIpc) is 2.89. The van der Waals surface area contributed by atoms with E-state index in [-0.39, 0.29) is 11.1 Å². The Kier molecular flexibility index (Phi) is 5.42. The number of aromatic nitrogens is 1. The molecule has 2 rings (SSSR count). The number of nitrogens with one attached hydrogen (secondary N) is 2. The van der Waals surface area contributed by atoms with Crippen LogP contribution in [0.2, 0.25) is 0 Å². The maximum Gasteiger partial charge on any atom is 0.258 e. The Morgan fingerprint density at radius 3 is 2.80 bits per heavy atom. The number of nitrogens with zero attached hydrogens (tertiary/aromatic N) is 1. The molecular formula is C13H21N3O2S2. The number of thioether (sulfide) groups is 1. The van der Waals surface area contributed by atoms with Crippen molar-refractivity contribution < 1.29 is 8.42 Å². The summed E-state index contributed by atoms with van der Waals surface area (Å²) in [5, 5.41) is 3.37. The topological polar surface area (TPSA) is 71.1 Å². The largest absolute Gasteiger partial charge is 0.310 e. The molecule has 0 spiro atoms. The van der Waals surface area contributed by atoms with Crippen molar-refractivity contribution in [2.45, 2.75) is 43.9 Å². The normalized spacial score (nSPS) is 19.6. The van der Waals surface area contributed by atoms with Gasteiger partial charge in [0.25, 0.3) is 10.0 Å². The molecule has 1 aliphatic heterocycles. The lowest BCUT2D eigenvalue weighted by Crippen LogP contribution is -2.35. The van der Waals surface area contributed by atoms with Crippen LogP contribution in [-0.4, -0.2) is 37.0 Å². The summed E-state index contributed by atoms with van der Waals surface area (Å²) in [5.41, 5.74) is 0.981. The molecule has 1 aromatic heterocycles. The number of sulfonamides is 1. The molecule has 1 unspecified atom stereocenters. The fraction of sp³-hybridized carbons (Fsp3) is 0.615. The fourth-order valence-corrected chi connectivity index (χ4v) is 4.36. The zero-order valence-electron chi connectivity index (χ0n) is 11.8. The van der Waals surface area contributed by atoms with Gasteiger partial charge in [-0.25, -0.2) is 18.1 Å². The minimum Gasteiger partial charge on any atom is -0.310 e. The Balaban J connectivity index is 2.00. The summed E-state index contributed by atoms with van der Waals surface area (Å²) in [6, 6.07) is 3.80. The van der Waals surface area contributed by atoms with E-state index in [1.165, 1.54) is 0 Å². The van der Waals surface area contributed by atoms with Crippen LogP contribution in [0, 0.1) is 0 Å². The molecule has 0 bridgehead atoms. The quantitative estimate of drug-likeness (QED) is 0.829. The molecule has 1 atom stereocenters. The van der Waals surface area contributed by atoms with E-state index in [1.54, 1.807) is 30.1 Å². The summed E-state index contributed by atoms with van der Waals surface area (Å²) in [7, 11) is -3.49. The fourth-order valence-electron chi connectivity index (χ4n) is 1.90. The molecule has 5 nitrogen and oxygen atoms in total. The molecule has 1 aromatic rings. The summed E-state index contributed by atoms with van der Waals surface area (Å²) >= 11 is 1.77. The summed E-state index contributed by atoms with van der Waals surface area (Å²) in [6.07, 6.45) is 2.51. The van der Waals surface area contributed by atoms with Gasteiger partial charge in [0.2, 0.25) is 0 Å². The highest BCUT2D eigenvalue weighted by Gasteiger charge is 2.23. The first kappa shape index (κ1) is 15.8. The lowest BCUT2D eigenvalue weighted by molar-refractivity contribution is 0.558. The summed E-state index contributed by atoms with van der Waals surface area (Å²) < 4.78 is 27.0. The van der Waals surface area contributed by atoms with Gasteiger partial charge in [0.15, 0.2) is 5.03 Å². The van der Waals surface area contributed by atoms with E-state index in [1.807, 2.05) is 0 Å². The van der Waals surface area contributed by atoms with Crippen molar-refractivity contribution in [3.63, 3.8) is 0 Å². The van der Waals surface area contributed by atoms with Gasteiger partial charge in [-0.2, -0.15) is 11.8 Å². The van der Waals surface area contributed by atoms with Gasteiger partial charge in [-0.3, -0.25) is 0 Å². The van der Waals surface area contributed by atoms with Gasteiger partial charge in [-0.15, -0.1) is 0 Å². The van der Waals surface area contributed by atoms with E-state index in [0.717, 1.165) is 23.5 Å². The van der Waals surface area contributed by atoms with Crippen LogP contribution in [0.3, 0.4) is 0 Å². The van der Waals surface area contributed by atoms with Gasteiger partial charge in [-0.1, -0.05) is 19.9 Å². The van der Waals surface area contributed by atoms with E-state index in [9.17, 15) is 8.42 Å². The van der Waals surface area contributed by atoms with Crippen LogP contribution in [0.15, 0.2) is 23.4 Å². The Morgan fingerprint density at radius 1 is 1.45 bits per heavy atom. The van der Waals surface area contributed by atoms with Crippen molar-refractivity contribution in [2.75, 3.05) is 11.5 Å². The highest BCUT2D eigenvalue weighted by molar-refractivity contribution is 7.99. The molecule has 1 fully saturated rings. The second kappa shape index (κ2) is 6.89. The molecule has 1 aliphatic rings. The third-order valence-electron chi connectivity index (χ3n) is 3.04. The molecule has 0 aromatic carbocycles. The SMILES string of the molecule is CC(C)NCc1ccc(S(=O)(=O)NC2CCSC2)nc1. The molecular weight excluding hydrogens is 294 g/mol. The first-order chi connectivity index (χ1) is 9.47. The van der Waals surface area contributed by atoms with E-state index in [4.69, 9.17) is 0 Å². The minimum absolute atomic E-state index is 0.0362. The smallest absolute Gasteiger partial charge is 0.258 e. The average molecular weight is 315 g/mol. The van der Waals surface area contributed by atoms with Crippen LogP contribution < -0.4 is 10.0 Å². The monoisotopic (exact) mass is 315 g/mol. The lowest BCUT2D eigenvalue weighted by atomic mass is 10.2. The van der Waals surface area contributed by atoms with Gasteiger partial charge in [0.05, 0.1) is 0 Å². The minimum atomic E-state index is -3.49. The predicted molar refractivity (Wildman–Crippen MR) is 82.3 cm³/mol. The zero-order chi connectivity index (χ0) is 14.6. The zero-order valence-corrected chi connectivity index (χ0v) is 13.4. The summed E-state index contributed by atoms with van der Waals surface area (Å²) in [5.74, 6) is 1.86. The number of rotatable bonds is 6. The van der Waals surface area contributed by atoms with Gasteiger partial charge in [-0.05, 0) is 23.8 Å². The van der Waals surface area contributed by atoms with Crippen LogP contribution in [0.25, 0.3) is 0 Å². The van der Waals surface area contributed by atoms with Crippen molar-refractivity contribution in [3.05, 3.63) is 23.9 Å². The Hall–Kier alpha value is -0.630. The third-order valence-corrected chi connectivity index (χ3v) is 5.64. The molecule has 0 saturated carbocycles. The molecule has 112 valence electrons. The Labute approximate surface area is 125 Å². The molecule has 1 saturated heterocycles. The van der Waals surface area contributed by atoms with Gasteiger partial charge in [0, 0.05) is 30.6 Å². The van der Waals surface area contributed by atoms with Crippen LogP contribution in [0.5, 0.6) is 0 Å². The van der Waals surface area contributed by atoms with E-state index in [0.29, 0.717) is 12.6 Å². The number of hydrogen-bond donors (Lipinski definition) is 2. The molecule has 2 heterocycles. The molecule has 0 aliphatic carbocycles. The predicted octanol–water partition coefficient (Wildman–Crippen LogP) is 1.36. The Morgan fingerprint density at radius 2 is 2.25 bits per heavy atom. The first-order valence-corrected chi connectivity index (χ1v) is 9.39. The maximum atomic E-state index is 12.2. The van der Waals surface area contributed by atoms with Crippen LogP contribution >= 0.6 is 11.8 Å². The maximum absolute atomic E-state index is 12.2. The molecule has 2 N–H and O–H groups in total. The molecule has 7 heteroatoms. The highest BCUT2D eigenvalue weighted by atomic mass is 32.2. The molecule has 20 heavy (non-hydrogen) atoms. The van der Waals surface area contributed by atoms with Crippen molar-refractivity contribution in [1.29, 1.82) is 0 Å². The van der Waals surface area contributed by atoms with Crippen molar-refractivity contribution in [2.24, 2.45) is 0 Å². The standard InChI is InChI=1S/C13H21N3O2S2/c1-10(2)14-7-11-3-4-13(15-8-11)20(17,18)16-12-5-6-19-9-12/h3-4,8,10,12,14,16H,5-7,9H2,1-2H3. The van der Waals surface area contributed by atoms with Crippen LogP contribution in [-0.2, 0) is 16.6 Å². The molecule has 0 amide bonds. The second-order valence-electron chi connectivity index (χ2n) is 5.22. The van der Waals surface area contributed by atoms with E-state index in [2.05, 4.69) is 28.9 Å². The lowest BCUT2D eigenvalue weighted by Gasteiger charge is -2.12. The van der Waals surface area contributed by atoms with Crippen LogP contribution in [0.1, 0.15) is 25.8 Å². The van der Waals surface area contributed by atoms with Gasteiger partial charge < -0.3 is 5.32 Å². The number of hydrogen-bond acceptors (Lipinski definition) is 5. The van der Waals surface area contributed by atoms with E-state index < -0.39 is 10.0 Å². The van der Waals surface area contributed by atoms with Crippen molar-refractivity contribution in [1.82, 2.24) is 15.0 Å². The van der Waals surface area contributed by atoms with Crippen molar-refractivity contribution in [3.8, 4) is 0 Å². The Bertz CT molecular complexity index is 523. The van der Waals surface area contributed by atoms with Gasteiger partial charge >= 0.3 is 0 Å². The molecule has 0 radical (unpaired) electrons. The first-order valence-electron chi connectivity index (χ1n) is 6.76.